The summed E-state index contributed by atoms with van der Waals surface area (Å²) in [5, 5.41) is 3.54. The summed E-state index contributed by atoms with van der Waals surface area (Å²) in [6, 6.07) is 7.02. The highest BCUT2D eigenvalue weighted by molar-refractivity contribution is 7.18. The van der Waals surface area contributed by atoms with Crippen LogP contribution in [0.25, 0.3) is 10.2 Å². The number of carbonyl (C=O) groups excluding carboxylic acids is 1. The van der Waals surface area contributed by atoms with Crippen LogP contribution in [0.3, 0.4) is 0 Å². The van der Waals surface area contributed by atoms with Crippen molar-refractivity contribution in [2.24, 2.45) is 0 Å². The first kappa shape index (κ1) is 21.0. The zero-order chi connectivity index (χ0) is 21.1. The largest absolute Gasteiger partial charge is 0.497 e. The van der Waals surface area contributed by atoms with E-state index in [9.17, 15) is 9.59 Å². The lowest BCUT2D eigenvalue weighted by Crippen LogP contribution is -2.36. The number of nitrogens with zero attached hydrogens (tertiary/aromatic N) is 2. The number of aromatic amines is 1. The lowest BCUT2D eigenvalue weighted by molar-refractivity contribution is -0.117. The molecule has 3 rings (SSSR count). The molecule has 8 heteroatoms. The number of likely N-dealkylation sites (N-methyl/N-ethyl adjacent to an activating group) is 1. The second-order valence-corrected chi connectivity index (χ2v) is 8.14. The van der Waals surface area contributed by atoms with E-state index < -0.39 is 0 Å². The average Bonchev–Trinajstić information content (AvgIpc) is 2.99. The molecular weight excluding hydrogens is 388 g/mol. The van der Waals surface area contributed by atoms with Crippen LogP contribution < -0.4 is 15.6 Å². The Morgan fingerprint density at radius 1 is 1.38 bits per heavy atom. The second kappa shape index (κ2) is 8.75. The molecule has 0 aliphatic heterocycles. The molecule has 7 nitrogen and oxygen atoms in total. The van der Waals surface area contributed by atoms with Gasteiger partial charge in [-0.2, -0.15) is 0 Å². The molecule has 1 aromatic carbocycles. The zero-order valence-electron chi connectivity index (χ0n) is 17.3. The maximum Gasteiger partial charge on any atom is 0.259 e. The topological polar surface area (TPSA) is 87.3 Å². The Labute approximate surface area is 173 Å². The van der Waals surface area contributed by atoms with Crippen molar-refractivity contribution >= 4 is 33.1 Å². The van der Waals surface area contributed by atoms with Crippen LogP contribution in [-0.2, 0) is 4.79 Å². The third kappa shape index (κ3) is 4.49. The molecule has 0 aliphatic carbocycles. The van der Waals surface area contributed by atoms with Gasteiger partial charge in [0.1, 0.15) is 16.4 Å². The van der Waals surface area contributed by atoms with Gasteiger partial charge in [-0.25, -0.2) is 4.98 Å². The molecule has 1 atom stereocenters. The molecule has 0 saturated carbocycles. The van der Waals surface area contributed by atoms with Crippen molar-refractivity contribution in [3.05, 3.63) is 50.9 Å². The number of hydrogen-bond donors (Lipinski definition) is 2. The molecule has 154 valence electrons. The van der Waals surface area contributed by atoms with E-state index in [4.69, 9.17) is 4.74 Å². The lowest BCUT2D eigenvalue weighted by atomic mass is 10.2. The molecule has 29 heavy (non-hydrogen) atoms. The maximum atomic E-state index is 12.6. The van der Waals surface area contributed by atoms with E-state index in [1.807, 2.05) is 50.8 Å². The molecule has 1 amide bonds. The maximum absolute atomic E-state index is 12.6. The number of H-pyrrole nitrogens is 1. The Morgan fingerprint density at radius 3 is 2.83 bits per heavy atom. The van der Waals surface area contributed by atoms with Crippen LogP contribution in [0.4, 0.5) is 5.69 Å². The smallest absolute Gasteiger partial charge is 0.259 e. The third-order valence-electron chi connectivity index (χ3n) is 5.11. The minimum atomic E-state index is -0.212. The normalized spacial score (nSPS) is 12.3. The van der Waals surface area contributed by atoms with Crippen molar-refractivity contribution in [1.82, 2.24) is 14.9 Å². The van der Waals surface area contributed by atoms with Gasteiger partial charge in [-0.15, -0.1) is 11.3 Å². The second-order valence-electron chi connectivity index (χ2n) is 6.93. The van der Waals surface area contributed by atoms with Crippen LogP contribution in [0, 0.1) is 13.8 Å². The molecule has 0 saturated heterocycles. The number of rotatable bonds is 7. The number of methoxy groups -OCH3 is 1. The Morgan fingerprint density at radius 2 is 2.14 bits per heavy atom. The fourth-order valence-corrected chi connectivity index (χ4v) is 4.29. The average molecular weight is 415 g/mol. The summed E-state index contributed by atoms with van der Waals surface area (Å²) in [4.78, 5) is 36.5. The van der Waals surface area contributed by atoms with Gasteiger partial charge in [-0.05, 0) is 45.0 Å². The first-order valence-corrected chi connectivity index (χ1v) is 10.3. The molecule has 0 aliphatic rings. The molecule has 0 radical (unpaired) electrons. The summed E-state index contributed by atoms with van der Waals surface area (Å²) >= 11 is 1.52. The molecule has 1 unspecified atom stereocenters. The van der Waals surface area contributed by atoms with Gasteiger partial charge in [0, 0.05) is 16.6 Å². The Kier molecular flexibility index (Phi) is 6.34. The molecule has 0 spiro atoms. The van der Waals surface area contributed by atoms with Gasteiger partial charge >= 0.3 is 0 Å². The highest BCUT2D eigenvalue weighted by Crippen LogP contribution is 2.27. The molecular formula is C21H26N4O3S. The number of benzene rings is 1. The first-order chi connectivity index (χ1) is 13.8. The third-order valence-corrected chi connectivity index (χ3v) is 6.21. The van der Waals surface area contributed by atoms with Gasteiger partial charge in [0.05, 0.1) is 25.1 Å². The van der Waals surface area contributed by atoms with Crippen LogP contribution in [0.2, 0.25) is 0 Å². The number of thiophene rings is 1. The molecule has 0 fully saturated rings. The number of aryl methyl sites for hydroxylation is 2. The number of nitrogens with one attached hydrogen (secondary N) is 2. The fraction of sp³-hybridized carbons (Fsp3) is 0.381. The monoisotopic (exact) mass is 414 g/mol. The first-order valence-electron chi connectivity index (χ1n) is 9.51. The SMILES string of the molecule is CCN(CC(=O)Nc1cccc(OC)c1)C(C)c1nc2sc(C)c(C)c2c(=O)[nH]1. The van der Waals surface area contributed by atoms with Crippen molar-refractivity contribution in [3.63, 3.8) is 0 Å². The summed E-state index contributed by atoms with van der Waals surface area (Å²) in [5.74, 6) is 1.11. The number of hydrogen-bond acceptors (Lipinski definition) is 6. The van der Waals surface area contributed by atoms with Gasteiger partial charge in [-0.3, -0.25) is 14.5 Å². The standard InChI is InChI=1S/C21H26N4O3S/c1-6-25(11-17(26)22-15-8-7-9-16(10-15)28-5)13(3)19-23-20(27)18-12(2)14(4)29-21(18)24-19/h7-10,13H,6,11H2,1-5H3,(H,22,26)(H,23,24,27). The highest BCUT2D eigenvalue weighted by atomic mass is 32.1. The van der Waals surface area contributed by atoms with E-state index in [0.717, 1.165) is 15.3 Å². The van der Waals surface area contributed by atoms with Crippen LogP contribution >= 0.6 is 11.3 Å². The van der Waals surface area contributed by atoms with Crippen LogP contribution in [0.5, 0.6) is 5.75 Å². The predicted molar refractivity (Wildman–Crippen MR) is 117 cm³/mol. The van der Waals surface area contributed by atoms with Gasteiger partial charge < -0.3 is 15.0 Å². The van der Waals surface area contributed by atoms with Crippen LogP contribution in [0.1, 0.15) is 36.2 Å². The zero-order valence-corrected chi connectivity index (χ0v) is 18.1. The van der Waals surface area contributed by atoms with Crippen molar-refractivity contribution in [2.75, 3.05) is 25.5 Å². The van der Waals surface area contributed by atoms with Crippen molar-refractivity contribution < 1.29 is 9.53 Å². The van der Waals surface area contributed by atoms with E-state index >= 15 is 0 Å². The van der Waals surface area contributed by atoms with E-state index in [-0.39, 0.29) is 24.1 Å². The van der Waals surface area contributed by atoms with Crippen molar-refractivity contribution in [3.8, 4) is 5.75 Å². The van der Waals surface area contributed by atoms with E-state index in [2.05, 4.69) is 15.3 Å². The lowest BCUT2D eigenvalue weighted by Gasteiger charge is -2.26. The summed E-state index contributed by atoms with van der Waals surface area (Å²) < 4.78 is 5.19. The number of carbonyl (C=O) groups is 1. The van der Waals surface area contributed by atoms with Gasteiger partial charge in [0.25, 0.3) is 5.56 Å². The number of amides is 1. The van der Waals surface area contributed by atoms with Gasteiger partial charge in [0.2, 0.25) is 5.91 Å². The summed E-state index contributed by atoms with van der Waals surface area (Å²) in [6.07, 6.45) is 0. The minimum absolute atomic E-state index is 0.129. The predicted octanol–water partition coefficient (Wildman–Crippen LogP) is 3.63. The van der Waals surface area contributed by atoms with Crippen molar-refractivity contribution in [2.45, 2.75) is 33.7 Å². The minimum Gasteiger partial charge on any atom is -0.497 e. The number of aromatic nitrogens is 2. The number of ether oxygens (including phenoxy) is 1. The molecule has 0 bridgehead atoms. The molecule has 2 aromatic heterocycles. The fourth-order valence-electron chi connectivity index (χ4n) is 3.25. The molecule has 2 heterocycles. The van der Waals surface area contributed by atoms with Crippen molar-refractivity contribution in [1.29, 1.82) is 0 Å². The molecule has 3 aromatic rings. The summed E-state index contributed by atoms with van der Waals surface area (Å²) in [5.41, 5.74) is 1.52. The van der Waals surface area contributed by atoms with E-state index in [0.29, 0.717) is 29.2 Å². The number of anilines is 1. The quantitative estimate of drug-likeness (QED) is 0.616. The Balaban J connectivity index is 1.77. The summed E-state index contributed by atoms with van der Waals surface area (Å²) in [6.45, 7) is 8.67. The van der Waals surface area contributed by atoms with E-state index in [1.54, 1.807) is 13.2 Å². The number of fused-ring (bicyclic) bond motifs is 1. The molecule has 2 N–H and O–H groups in total. The highest BCUT2D eigenvalue weighted by Gasteiger charge is 2.21. The van der Waals surface area contributed by atoms with Crippen LogP contribution in [0.15, 0.2) is 29.1 Å². The Hall–Kier alpha value is -2.71. The van der Waals surface area contributed by atoms with Crippen LogP contribution in [-0.4, -0.2) is 41.0 Å². The van der Waals surface area contributed by atoms with Gasteiger partial charge in [-0.1, -0.05) is 13.0 Å². The Bertz CT molecular complexity index is 1090. The summed E-state index contributed by atoms with van der Waals surface area (Å²) in [7, 11) is 1.59. The van der Waals surface area contributed by atoms with E-state index in [1.165, 1.54) is 11.3 Å². The van der Waals surface area contributed by atoms with Gasteiger partial charge in [0.15, 0.2) is 0 Å².